The van der Waals surface area contributed by atoms with Gasteiger partial charge in [0.1, 0.15) is 17.4 Å². The number of aromatic nitrogens is 2. The van der Waals surface area contributed by atoms with Gasteiger partial charge in [0, 0.05) is 10.4 Å². The standard InChI is InChI=1S/C17H16ClN3O2S3/c1-10-16(24-2)26-17(19-10)21-14(22)7-12-9-25-15(20-12)8-23-13-5-3-11(18)4-6-13/h3-6,9H,7-8H2,1-2H3,(H,19,21,22). The van der Waals surface area contributed by atoms with Crippen molar-refractivity contribution in [3.05, 3.63) is 51.1 Å². The number of carbonyl (C=O) groups excluding carboxylic acids is 1. The molecule has 0 atom stereocenters. The second-order valence-corrected chi connectivity index (χ2v) is 8.75. The molecule has 1 aromatic carbocycles. The number of nitrogens with zero attached hydrogens (tertiary/aromatic N) is 2. The molecule has 0 spiro atoms. The number of amides is 1. The maximum absolute atomic E-state index is 12.2. The fourth-order valence-corrected chi connectivity index (χ4v) is 4.58. The Bertz CT molecular complexity index is 893. The van der Waals surface area contributed by atoms with Gasteiger partial charge in [-0.3, -0.25) is 4.79 Å². The zero-order valence-corrected chi connectivity index (χ0v) is 17.3. The number of thioether (sulfide) groups is 1. The molecule has 1 N–H and O–H groups in total. The number of aryl methyl sites for hydroxylation is 1. The molecular weight excluding hydrogens is 410 g/mol. The molecule has 2 aromatic heterocycles. The van der Waals surface area contributed by atoms with Gasteiger partial charge in [0.15, 0.2) is 5.13 Å². The third kappa shape index (κ3) is 5.20. The smallest absolute Gasteiger partial charge is 0.232 e. The van der Waals surface area contributed by atoms with Crippen LogP contribution in [-0.4, -0.2) is 22.1 Å². The van der Waals surface area contributed by atoms with Crippen molar-refractivity contribution in [2.24, 2.45) is 0 Å². The maximum Gasteiger partial charge on any atom is 0.232 e. The number of halogens is 1. The van der Waals surface area contributed by atoms with Crippen LogP contribution in [0.4, 0.5) is 5.13 Å². The van der Waals surface area contributed by atoms with Crippen LogP contribution in [0.25, 0.3) is 0 Å². The Balaban J connectivity index is 1.52. The number of thiazole rings is 2. The number of hydrogen-bond donors (Lipinski definition) is 1. The Hall–Kier alpha value is -1.61. The predicted molar refractivity (Wildman–Crippen MR) is 109 cm³/mol. The lowest BCUT2D eigenvalue weighted by Gasteiger charge is -2.03. The van der Waals surface area contributed by atoms with E-state index in [-0.39, 0.29) is 12.3 Å². The number of carbonyl (C=O) groups is 1. The van der Waals surface area contributed by atoms with Crippen molar-refractivity contribution in [3.63, 3.8) is 0 Å². The van der Waals surface area contributed by atoms with Crippen LogP contribution in [-0.2, 0) is 17.8 Å². The van der Waals surface area contributed by atoms with Crippen LogP contribution in [0.1, 0.15) is 16.4 Å². The molecule has 0 aliphatic heterocycles. The van der Waals surface area contributed by atoms with E-state index in [1.54, 1.807) is 23.9 Å². The van der Waals surface area contributed by atoms with Crippen LogP contribution in [0.5, 0.6) is 5.75 Å². The lowest BCUT2D eigenvalue weighted by atomic mass is 10.3. The summed E-state index contributed by atoms with van der Waals surface area (Å²) >= 11 is 10.4. The van der Waals surface area contributed by atoms with Gasteiger partial charge in [0.2, 0.25) is 5.91 Å². The fourth-order valence-electron chi connectivity index (χ4n) is 2.13. The SMILES string of the molecule is CSc1sc(NC(=O)Cc2csc(COc3ccc(Cl)cc3)n2)nc1C. The van der Waals surface area contributed by atoms with E-state index in [9.17, 15) is 4.79 Å². The van der Waals surface area contributed by atoms with Crippen LogP contribution in [0, 0.1) is 6.92 Å². The van der Waals surface area contributed by atoms with Gasteiger partial charge in [-0.05, 0) is 37.4 Å². The summed E-state index contributed by atoms with van der Waals surface area (Å²) < 4.78 is 6.77. The molecule has 0 saturated carbocycles. The third-order valence-corrected chi connectivity index (χ3v) is 6.71. The van der Waals surface area contributed by atoms with Crippen molar-refractivity contribution in [1.82, 2.24) is 9.97 Å². The van der Waals surface area contributed by atoms with Crippen LogP contribution in [0.15, 0.2) is 33.9 Å². The molecule has 0 aliphatic rings. The zero-order chi connectivity index (χ0) is 18.5. The molecule has 0 unspecified atom stereocenters. The van der Waals surface area contributed by atoms with E-state index in [1.165, 1.54) is 22.7 Å². The Morgan fingerprint density at radius 1 is 1.31 bits per heavy atom. The highest BCUT2D eigenvalue weighted by Crippen LogP contribution is 2.30. The molecule has 0 saturated heterocycles. The van der Waals surface area contributed by atoms with E-state index in [0.717, 1.165) is 26.4 Å². The Labute approximate surface area is 168 Å². The van der Waals surface area contributed by atoms with Crippen molar-refractivity contribution in [2.45, 2.75) is 24.2 Å². The second kappa shape index (κ2) is 8.85. The van der Waals surface area contributed by atoms with Crippen molar-refractivity contribution in [3.8, 4) is 5.75 Å². The lowest BCUT2D eigenvalue weighted by molar-refractivity contribution is -0.115. The highest BCUT2D eigenvalue weighted by Gasteiger charge is 2.12. The van der Waals surface area contributed by atoms with Crippen molar-refractivity contribution in [1.29, 1.82) is 0 Å². The van der Waals surface area contributed by atoms with E-state index in [2.05, 4.69) is 15.3 Å². The number of nitrogens with one attached hydrogen (secondary N) is 1. The number of benzene rings is 1. The summed E-state index contributed by atoms with van der Waals surface area (Å²) in [7, 11) is 0. The second-order valence-electron chi connectivity index (χ2n) is 5.30. The van der Waals surface area contributed by atoms with E-state index in [1.807, 2.05) is 30.7 Å². The minimum atomic E-state index is -0.123. The van der Waals surface area contributed by atoms with Crippen molar-refractivity contribution in [2.75, 3.05) is 11.6 Å². The van der Waals surface area contributed by atoms with Gasteiger partial charge < -0.3 is 10.1 Å². The number of ether oxygens (including phenoxy) is 1. The highest BCUT2D eigenvalue weighted by atomic mass is 35.5. The number of hydrogen-bond acceptors (Lipinski definition) is 7. The van der Waals surface area contributed by atoms with Crippen molar-refractivity contribution < 1.29 is 9.53 Å². The van der Waals surface area contributed by atoms with Gasteiger partial charge >= 0.3 is 0 Å². The first-order valence-electron chi connectivity index (χ1n) is 7.66. The summed E-state index contributed by atoms with van der Waals surface area (Å²) in [6.45, 7) is 2.29. The highest BCUT2D eigenvalue weighted by molar-refractivity contribution is 8.00. The van der Waals surface area contributed by atoms with Crippen LogP contribution in [0.3, 0.4) is 0 Å². The molecule has 0 fully saturated rings. The summed E-state index contributed by atoms with van der Waals surface area (Å²) in [5.74, 6) is 0.606. The first-order chi connectivity index (χ1) is 12.5. The third-order valence-electron chi connectivity index (χ3n) is 3.30. The van der Waals surface area contributed by atoms with Crippen LogP contribution >= 0.6 is 46.0 Å². The van der Waals surface area contributed by atoms with Gasteiger partial charge in [-0.15, -0.1) is 23.1 Å². The maximum atomic E-state index is 12.2. The van der Waals surface area contributed by atoms with E-state index in [4.69, 9.17) is 16.3 Å². The first kappa shape index (κ1) is 19.2. The molecule has 0 radical (unpaired) electrons. The summed E-state index contributed by atoms with van der Waals surface area (Å²) in [6, 6.07) is 7.17. The van der Waals surface area contributed by atoms with E-state index >= 15 is 0 Å². The van der Waals surface area contributed by atoms with Gasteiger partial charge in [-0.2, -0.15) is 0 Å². The molecule has 0 aliphatic carbocycles. The van der Waals surface area contributed by atoms with Gasteiger partial charge in [0.05, 0.1) is 22.0 Å². The minimum absolute atomic E-state index is 0.123. The predicted octanol–water partition coefficient (Wildman–Crippen LogP) is 5.04. The van der Waals surface area contributed by atoms with Gasteiger partial charge in [0.25, 0.3) is 0 Å². The van der Waals surface area contributed by atoms with E-state index in [0.29, 0.717) is 16.8 Å². The summed E-state index contributed by atoms with van der Waals surface area (Å²) in [6.07, 6.45) is 2.21. The quantitative estimate of drug-likeness (QED) is 0.537. The molecule has 1 amide bonds. The first-order valence-corrected chi connectivity index (χ1v) is 11.0. The summed E-state index contributed by atoms with van der Waals surface area (Å²) in [4.78, 5) is 21.0. The summed E-state index contributed by atoms with van der Waals surface area (Å²) in [5, 5.41) is 6.82. The molecule has 2 heterocycles. The normalized spacial score (nSPS) is 10.7. The number of anilines is 1. The molecule has 9 heteroatoms. The van der Waals surface area contributed by atoms with Crippen molar-refractivity contribution >= 4 is 57.1 Å². The average molecular weight is 426 g/mol. The van der Waals surface area contributed by atoms with Gasteiger partial charge in [-0.25, -0.2) is 9.97 Å². The Kier molecular flexibility index (Phi) is 6.53. The summed E-state index contributed by atoms with van der Waals surface area (Å²) in [5.41, 5.74) is 1.66. The zero-order valence-electron chi connectivity index (χ0n) is 14.1. The van der Waals surface area contributed by atoms with Crippen LogP contribution < -0.4 is 10.1 Å². The average Bonchev–Trinajstić information content (AvgIpc) is 3.20. The van der Waals surface area contributed by atoms with Crippen LogP contribution in [0.2, 0.25) is 5.02 Å². The molecule has 0 bridgehead atoms. The topological polar surface area (TPSA) is 64.1 Å². The van der Waals surface area contributed by atoms with E-state index < -0.39 is 0 Å². The minimum Gasteiger partial charge on any atom is -0.486 e. The van der Waals surface area contributed by atoms with Gasteiger partial charge in [-0.1, -0.05) is 22.9 Å². The fraction of sp³-hybridized carbons (Fsp3) is 0.235. The molecule has 5 nitrogen and oxygen atoms in total. The monoisotopic (exact) mass is 425 g/mol. The molecule has 136 valence electrons. The molecule has 3 rings (SSSR count). The Morgan fingerprint density at radius 2 is 2.08 bits per heavy atom. The Morgan fingerprint density at radius 3 is 2.77 bits per heavy atom. The molecular formula is C17H16ClN3O2S3. The largest absolute Gasteiger partial charge is 0.486 e. The number of rotatable bonds is 7. The molecule has 26 heavy (non-hydrogen) atoms. The lowest BCUT2D eigenvalue weighted by Crippen LogP contribution is -2.14. The molecule has 3 aromatic rings.